The summed E-state index contributed by atoms with van der Waals surface area (Å²) in [4.78, 5) is 16.6. The first-order valence-corrected chi connectivity index (χ1v) is 9.15. The van der Waals surface area contributed by atoms with Gasteiger partial charge in [-0.3, -0.25) is 9.79 Å². The van der Waals surface area contributed by atoms with Gasteiger partial charge < -0.3 is 16.0 Å². The number of amides is 1. The molecule has 0 saturated heterocycles. The number of carbonyl (C=O) groups is 1. The van der Waals surface area contributed by atoms with E-state index < -0.39 is 0 Å². The second-order valence-electron chi connectivity index (χ2n) is 6.26. The van der Waals surface area contributed by atoms with Crippen LogP contribution < -0.4 is 16.0 Å². The molecule has 0 bridgehead atoms. The van der Waals surface area contributed by atoms with Crippen molar-refractivity contribution < 1.29 is 9.18 Å². The lowest BCUT2D eigenvalue weighted by atomic mass is 10.1. The molecule has 0 saturated carbocycles. The largest absolute Gasteiger partial charge is 0.357 e. The van der Waals surface area contributed by atoms with Crippen LogP contribution in [0.1, 0.15) is 41.4 Å². The molecule has 28 heavy (non-hydrogen) atoms. The third kappa shape index (κ3) is 7.46. The molecule has 3 N–H and O–H groups in total. The maximum Gasteiger partial charge on any atom is 0.251 e. The Hall–Kier alpha value is -2.16. The Morgan fingerprint density at radius 3 is 2.50 bits per heavy atom. The van der Waals surface area contributed by atoms with Crippen LogP contribution in [0, 0.1) is 12.7 Å². The van der Waals surface area contributed by atoms with Crippen LogP contribution in [0.4, 0.5) is 4.39 Å². The van der Waals surface area contributed by atoms with Crippen molar-refractivity contribution in [2.24, 2.45) is 4.99 Å². The summed E-state index contributed by atoms with van der Waals surface area (Å²) in [6.07, 6.45) is 0. The number of guanidine groups is 1. The molecule has 2 aromatic carbocycles. The van der Waals surface area contributed by atoms with Crippen molar-refractivity contribution in [2.75, 3.05) is 19.6 Å². The number of carbonyl (C=O) groups excluding carboxylic acids is 1. The van der Waals surface area contributed by atoms with E-state index in [-0.39, 0.29) is 41.7 Å². The van der Waals surface area contributed by atoms with Gasteiger partial charge in [-0.25, -0.2) is 4.39 Å². The molecule has 0 spiro atoms. The van der Waals surface area contributed by atoms with Crippen molar-refractivity contribution in [3.8, 4) is 0 Å². The van der Waals surface area contributed by atoms with E-state index in [1.54, 1.807) is 19.1 Å². The smallest absolute Gasteiger partial charge is 0.251 e. The Morgan fingerprint density at radius 1 is 1.14 bits per heavy atom. The summed E-state index contributed by atoms with van der Waals surface area (Å²) in [5.74, 6) is -0.00148. The fourth-order valence-corrected chi connectivity index (χ4v) is 2.52. The van der Waals surface area contributed by atoms with Gasteiger partial charge in [-0.1, -0.05) is 36.4 Å². The molecule has 1 amide bonds. The van der Waals surface area contributed by atoms with Gasteiger partial charge in [0.15, 0.2) is 5.96 Å². The molecule has 0 fully saturated rings. The highest BCUT2D eigenvalue weighted by Gasteiger charge is 2.09. The second kappa shape index (κ2) is 12.3. The number of aryl methyl sites for hydroxylation is 1. The van der Waals surface area contributed by atoms with Crippen LogP contribution in [-0.2, 0) is 0 Å². The van der Waals surface area contributed by atoms with Crippen LogP contribution in [0.2, 0.25) is 0 Å². The van der Waals surface area contributed by atoms with Crippen molar-refractivity contribution in [1.82, 2.24) is 16.0 Å². The van der Waals surface area contributed by atoms with Crippen molar-refractivity contribution in [3.05, 3.63) is 71.0 Å². The third-order valence-electron chi connectivity index (χ3n) is 4.10. The summed E-state index contributed by atoms with van der Waals surface area (Å²) in [5.41, 5.74) is 1.99. The zero-order chi connectivity index (χ0) is 19.6. The Balaban J connectivity index is 0.00000392. The molecule has 152 valence electrons. The monoisotopic (exact) mass is 498 g/mol. The minimum absolute atomic E-state index is 0. The van der Waals surface area contributed by atoms with Gasteiger partial charge in [0, 0.05) is 18.7 Å². The average molecular weight is 498 g/mol. The lowest BCUT2D eigenvalue weighted by molar-refractivity contribution is 0.0954. The maximum absolute atomic E-state index is 13.6. The van der Waals surface area contributed by atoms with E-state index in [0.29, 0.717) is 30.2 Å². The molecule has 0 aliphatic carbocycles. The summed E-state index contributed by atoms with van der Waals surface area (Å²) < 4.78 is 13.6. The van der Waals surface area contributed by atoms with Crippen molar-refractivity contribution in [3.63, 3.8) is 0 Å². The summed E-state index contributed by atoms with van der Waals surface area (Å²) >= 11 is 0. The standard InChI is InChI=1S/C21H27FN4O.HI/c1-4-23-21(26-16(3)17-8-6-5-7-9-17)25-13-12-24-20(27)18-11-10-15(2)19(22)14-18;/h5-11,14,16H,4,12-13H2,1-3H3,(H,24,27)(H2,23,25,26);1H. The minimum Gasteiger partial charge on any atom is -0.357 e. The zero-order valence-corrected chi connectivity index (χ0v) is 18.8. The average Bonchev–Trinajstić information content (AvgIpc) is 2.67. The number of benzene rings is 2. The Bertz CT molecular complexity index is 783. The van der Waals surface area contributed by atoms with Crippen LogP contribution in [-0.4, -0.2) is 31.5 Å². The minimum atomic E-state index is -0.380. The molecular formula is C21H28FIN4O. The first-order valence-electron chi connectivity index (χ1n) is 9.15. The quantitative estimate of drug-likeness (QED) is 0.236. The molecule has 2 aromatic rings. The Morgan fingerprint density at radius 2 is 1.86 bits per heavy atom. The van der Waals surface area contributed by atoms with Gasteiger partial charge >= 0.3 is 0 Å². The number of hydrogen-bond donors (Lipinski definition) is 3. The van der Waals surface area contributed by atoms with Gasteiger partial charge in [-0.05, 0) is 44.0 Å². The van der Waals surface area contributed by atoms with Crippen LogP contribution in [0.3, 0.4) is 0 Å². The van der Waals surface area contributed by atoms with Gasteiger partial charge in [0.2, 0.25) is 0 Å². The topological polar surface area (TPSA) is 65.5 Å². The van der Waals surface area contributed by atoms with Gasteiger partial charge in [-0.2, -0.15) is 0 Å². The van der Waals surface area contributed by atoms with E-state index in [1.165, 1.54) is 6.07 Å². The predicted octanol–water partition coefficient (Wildman–Crippen LogP) is 3.80. The van der Waals surface area contributed by atoms with Crippen LogP contribution in [0.25, 0.3) is 0 Å². The molecule has 2 rings (SSSR count). The van der Waals surface area contributed by atoms with Gasteiger partial charge in [0.25, 0.3) is 5.91 Å². The van der Waals surface area contributed by atoms with Crippen LogP contribution >= 0.6 is 24.0 Å². The molecular weight excluding hydrogens is 470 g/mol. The van der Waals surface area contributed by atoms with E-state index in [9.17, 15) is 9.18 Å². The molecule has 0 aliphatic heterocycles. The van der Waals surface area contributed by atoms with Crippen LogP contribution in [0.5, 0.6) is 0 Å². The van der Waals surface area contributed by atoms with Gasteiger partial charge in [-0.15, -0.1) is 24.0 Å². The highest BCUT2D eigenvalue weighted by Crippen LogP contribution is 2.11. The van der Waals surface area contributed by atoms with E-state index in [4.69, 9.17) is 0 Å². The lowest BCUT2D eigenvalue weighted by Gasteiger charge is -2.18. The van der Waals surface area contributed by atoms with Gasteiger partial charge in [0.05, 0.1) is 12.6 Å². The van der Waals surface area contributed by atoms with Crippen molar-refractivity contribution in [1.29, 1.82) is 0 Å². The molecule has 5 nitrogen and oxygen atoms in total. The Kier molecular flexibility index (Phi) is 10.5. The highest BCUT2D eigenvalue weighted by molar-refractivity contribution is 14.0. The van der Waals surface area contributed by atoms with E-state index in [2.05, 4.69) is 40.0 Å². The number of rotatable bonds is 7. The second-order valence-corrected chi connectivity index (χ2v) is 6.26. The molecule has 1 atom stereocenters. The number of hydrogen-bond acceptors (Lipinski definition) is 2. The molecule has 0 radical (unpaired) electrons. The van der Waals surface area contributed by atoms with E-state index in [1.807, 2.05) is 25.1 Å². The lowest BCUT2D eigenvalue weighted by Crippen LogP contribution is -2.39. The molecule has 0 aromatic heterocycles. The first kappa shape index (κ1) is 23.9. The fourth-order valence-electron chi connectivity index (χ4n) is 2.52. The van der Waals surface area contributed by atoms with Crippen molar-refractivity contribution >= 4 is 35.8 Å². The normalized spacial score (nSPS) is 11.9. The molecule has 0 aliphatic rings. The maximum atomic E-state index is 13.6. The fraction of sp³-hybridized carbons (Fsp3) is 0.333. The van der Waals surface area contributed by atoms with Crippen LogP contribution in [0.15, 0.2) is 53.5 Å². The first-order chi connectivity index (χ1) is 13.0. The summed E-state index contributed by atoms with van der Waals surface area (Å²) in [5, 5.41) is 9.30. The zero-order valence-electron chi connectivity index (χ0n) is 16.5. The van der Waals surface area contributed by atoms with Crippen molar-refractivity contribution in [2.45, 2.75) is 26.8 Å². The predicted molar refractivity (Wildman–Crippen MR) is 123 cm³/mol. The molecule has 7 heteroatoms. The molecule has 1 unspecified atom stereocenters. The summed E-state index contributed by atoms with van der Waals surface area (Å²) in [7, 11) is 0. The number of aliphatic imine (C=N–C) groups is 1. The number of halogens is 2. The van der Waals surface area contributed by atoms with Gasteiger partial charge in [0.1, 0.15) is 5.82 Å². The van der Waals surface area contributed by atoms with E-state index >= 15 is 0 Å². The SMILES string of the molecule is CCNC(=NCCNC(=O)c1ccc(C)c(F)c1)NC(C)c1ccccc1.I. The third-order valence-corrected chi connectivity index (χ3v) is 4.10. The summed E-state index contributed by atoms with van der Waals surface area (Å²) in [6.45, 7) is 7.25. The Labute approximate surface area is 183 Å². The number of nitrogens with one attached hydrogen (secondary N) is 3. The highest BCUT2D eigenvalue weighted by atomic mass is 127. The molecule has 0 heterocycles. The van der Waals surface area contributed by atoms with E-state index in [0.717, 1.165) is 12.1 Å². The number of nitrogens with zero attached hydrogens (tertiary/aromatic N) is 1. The summed E-state index contributed by atoms with van der Waals surface area (Å²) in [6, 6.07) is 14.7.